The van der Waals surface area contributed by atoms with Gasteiger partial charge in [0.1, 0.15) is 11.5 Å². The van der Waals surface area contributed by atoms with Gasteiger partial charge in [0.15, 0.2) is 0 Å². The summed E-state index contributed by atoms with van der Waals surface area (Å²) in [6, 6.07) is 3.72. The van der Waals surface area contributed by atoms with E-state index in [9.17, 15) is 14.7 Å². The van der Waals surface area contributed by atoms with Crippen LogP contribution in [0.15, 0.2) is 22.8 Å². The maximum atomic E-state index is 13.5. The number of ketones is 1. The van der Waals surface area contributed by atoms with Crippen LogP contribution in [0.4, 0.5) is 0 Å². The number of carbonyl (C=O) groups is 2. The van der Waals surface area contributed by atoms with E-state index < -0.39 is 0 Å². The lowest BCUT2D eigenvalue weighted by molar-refractivity contribution is -0.161. The second-order valence-electron chi connectivity index (χ2n) is 12.3. The normalized spacial score (nSPS) is 43.3. The van der Waals surface area contributed by atoms with Crippen molar-refractivity contribution >= 4 is 11.7 Å². The molecule has 0 radical (unpaired) electrons. The molecule has 0 spiro atoms. The Morgan fingerprint density at radius 2 is 1.94 bits per heavy atom. The molecule has 4 saturated carbocycles. The van der Waals surface area contributed by atoms with Gasteiger partial charge in [-0.3, -0.25) is 9.59 Å². The summed E-state index contributed by atoms with van der Waals surface area (Å²) in [4.78, 5) is 26.2. The van der Waals surface area contributed by atoms with E-state index >= 15 is 0 Å². The van der Waals surface area contributed by atoms with E-state index in [0.29, 0.717) is 54.8 Å². The highest BCUT2D eigenvalue weighted by atomic mass is 16.3. The third kappa shape index (κ3) is 3.88. The Kier molecular flexibility index (Phi) is 5.99. The molecule has 1 aromatic rings. The van der Waals surface area contributed by atoms with Crippen LogP contribution >= 0.6 is 0 Å². The lowest BCUT2D eigenvalue weighted by Gasteiger charge is -2.60. The predicted octanol–water partition coefficient (Wildman–Crippen LogP) is 5.12. The van der Waals surface area contributed by atoms with Crippen molar-refractivity contribution in [3.63, 3.8) is 0 Å². The van der Waals surface area contributed by atoms with Crippen LogP contribution in [0.3, 0.4) is 0 Å². The maximum Gasteiger partial charge on any atom is 0.220 e. The molecule has 1 heterocycles. The second-order valence-corrected chi connectivity index (χ2v) is 12.3. The van der Waals surface area contributed by atoms with Crippen molar-refractivity contribution in [3.05, 3.63) is 24.2 Å². The van der Waals surface area contributed by atoms with Crippen LogP contribution in [-0.2, 0) is 16.1 Å². The number of aliphatic hydroxyl groups excluding tert-OH is 1. The van der Waals surface area contributed by atoms with Crippen molar-refractivity contribution in [3.8, 4) is 0 Å². The van der Waals surface area contributed by atoms with E-state index in [2.05, 4.69) is 26.1 Å². The highest BCUT2D eigenvalue weighted by Crippen LogP contribution is 2.67. The average molecular weight is 456 g/mol. The van der Waals surface area contributed by atoms with Gasteiger partial charge in [-0.15, -0.1) is 0 Å². The number of carbonyl (C=O) groups excluding carboxylic acids is 2. The monoisotopic (exact) mass is 455 g/mol. The quantitative estimate of drug-likeness (QED) is 0.646. The molecule has 5 heteroatoms. The first-order chi connectivity index (χ1) is 15.7. The van der Waals surface area contributed by atoms with Gasteiger partial charge in [0.2, 0.25) is 5.91 Å². The molecule has 0 unspecified atom stereocenters. The Bertz CT molecular complexity index is 880. The lowest BCUT2D eigenvalue weighted by atomic mass is 9.44. The van der Waals surface area contributed by atoms with Crippen LogP contribution in [-0.4, -0.2) is 22.9 Å². The fourth-order valence-corrected chi connectivity index (χ4v) is 8.99. The summed E-state index contributed by atoms with van der Waals surface area (Å²) in [6.07, 6.45) is 9.90. The standard InChI is InChI=1S/C28H41NO4/c1-17(13-25(32)29-16-20-5-4-12-33-20)21-6-7-22-26-23(9-11-28(21,22)3)27(2)10-8-19(30)14-18(27)15-24(26)31/h4-5,12,17-19,21-23,26,30H,6-11,13-16H2,1-3H3,(H,29,32)/t17-,18+,19-,21-,22+,23+,26+,27+,28-/m1/s1. The zero-order chi connectivity index (χ0) is 23.4. The predicted molar refractivity (Wildman–Crippen MR) is 126 cm³/mol. The summed E-state index contributed by atoms with van der Waals surface area (Å²) in [5.41, 5.74) is 0.351. The molecule has 4 fully saturated rings. The average Bonchev–Trinajstić information content (AvgIpc) is 3.41. The topological polar surface area (TPSA) is 79.5 Å². The van der Waals surface area contributed by atoms with Gasteiger partial charge in [0, 0.05) is 18.8 Å². The number of aliphatic hydroxyl groups is 1. The Labute approximate surface area is 198 Å². The van der Waals surface area contributed by atoms with Crippen LogP contribution in [0.2, 0.25) is 0 Å². The molecular formula is C28H41NO4. The largest absolute Gasteiger partial charge is 0.467 e. The van der Waals surface area contributed by atoms with E-state index in [-0.39, 0.29) is 28.8 Å². The molecule has 1 amide bonds. The van der Waals surface area contributed by atoms with E-state index in [1.807, 2.05) is 12.1 Å². The molecule has 182 valence electrons. The van der Waals surface area contributed by atoms with Crippen molar-refractivity contribution < 1.29 is 19.1 Å². The van der Waals surface area contributed by atoms with Gasteiger partial charge in [-0.1, -0.05) is 20.8 Å². The fraction of sp³-hybridized carbons (Fsp3) is 0.786. The van der Waals surface area contributed by atoms with Gasteiger partial charge >= 0.3 is 0 Å². The zero-order valence-electron chi connectivity index (χ0n) is 20.5. The minimum atomic E-state index is -0.225. The molecule has 1 aromatic heterocycles. The fourth-order valence-electron chi connectivity index (χ4n) is 8.99. The van der Waals surface area contributed by atoms with Crippen LogP contribution in [0, 0.1) is 46.3 Å². The molecule has 5 rings (SSSR count). The molecule has 2 N–H and O–H groups in total. The number of hydrogen-bond acceptors (Lipinski definition) is 4. The Morgan fingerprint density at radius 3 is 2.70 bits per heavy atom. The summed E-state index contributed by atoms with van der Waals surface area (Å²) in [5.74, 6) is 3.59. The Balaban J connectivity index is 1.28. The highest BCUT2D eigenvalue weighted by Gasteiger charge is 2.63. The number of furan rings is 1. The van der Waals surface area contributed by atoms with E-state index in [0.717, 1.165) is 44.3 Å². The molecule has 0 aliphatic heterocycles. The molecule has 4 aliphatic rings. The van der Waals surface area contributed by atoms with Crippen molar-refractivity contribution in [1.82, 2.24) is 5.32 Å². The van der Waals surface area contributed by atoms with E-state index in [4.69, 9.17) is 4.42 Å². The van der Waals surface area contributed by atoms with Crippen LogP contribution in [0.1, 0.15) is 84.3 Å². The number of amides is 1. The number of rotatable bonds is 5. The molecule has 0 bridgehead atoms. The maximum absolute atomic E-state index is 13.5. The number of hydrogen-bond donors (Lipinski definition) is 2. The summed E-state index contributed by atoms with van der Waals surface area (Å²) in [5, 5.41) is 13.3. The molecule has 33 heavy (non-hydrogen) atoms. The van der Waals surface area contributed by atoms with Gasteiger partial charge in [-0.2, -0.15) is 0 Å². The van der Waals surface area contributed by atoms with Crippen molar-refractivity contribution in [2.75, 3.05) is 0 Å². The second kappa shape index (κ2) is 8.55. The molecule has 9 atom stereocenters. The van der Waals surface area contributed by atoms with Gasteiger partial charge in [-0.25, -0.2) is 0 Å². The molecular weight excluding hydrogens is 414 g/mol. The van der Waals surface area contributed by atoms with Crippen molar-refractivity contribution in [1.29, 1.82) is 0 Å². The first kappa shape index (κ1) is 23.1. The summed E-state index contributed by atoms with van der Waals surface area (Å²) in [6.45, 7) is 7.53. The van der Waals surface area contributed by atoms with Crippen LogP contribution in [0.5, 0.6) is 0 Å². The van der Waals surface area contributed by atoms with E-state index in [1.165, 1.54) is 6.42 Å². The number of nitrogens with one attached hydrogen (secondary N) is 1. The van der Waals surface area contributed by atoms with Gasteiger partial charge in [0.05, 0.1) is 18.9 Å². The molecule has 5 nitrogen and oxygen atoms in total. The van der Waals surface area contributed by atoms with Crippen LogP contribution < -0.4 is 5.32 Å². The third-order valence-electron chi connectivity index (χ3n) is 10.7. The smallest absolute Gasteiger partial charge is 0.220 e. The third-order valence-corrected chi connectivity index (χ3v) is 10.7. The van der Waals surface area contributed by atoms with Crippen molar-refractivity contribution in [2.24, 2.45) is 46.3 Å². The molecule has 4 aliphatic carbocycles. The van der Waals surface area contributed by atoms with Gasteiger partial charge < -0.3 is 14.8 Å². The van der Waals surface area contributed by atoms with Crippen LogP contribution in [0.25, 0.3) is 0 Å². The minimum absolute atomic E-state index is 0.0875. The highest BCUT2D eigenvalue weighted by molar-refractivity contribution is 5.83. The van der Waals surface area contributed by atoms with E-state index in [1.54, 1.807) is 6.26 Å². The zero-order valence-corrected chi connectivity index (χ0v) is 20.5. The Morgan fingerprint density at radius 1 is 1.18 bits per heavy atom. The number of fused-ring (bicyclic) bond motifs is 5. The summed E-state index contributed by atoms with van der Waals surface area (Å²) >= 11 is 0. The SMILES string of the molecule is C[C@H](CC(=O)NCc1ccco1)[C@H]1CC[C@H]2[C@@H]3C(=O)C[C@@H]4C[C@H](O)CC[C@]4(C)[C@H]3CC[C@]12C. The van der Waals surface area contributed by atoms with Crippen molar-refractivity contribution in [2.45, 2.75) is 91.2 Å². The molecule has 0 saturated heterocycles. The van der Waals surface area contributed by atoms with Gasteiger partial charge in [0.25, 0.3) is 0 Å². The summed E-state index contributed by atoms with van der Waals surface area (Å²) in [7, 11) is 0. The first-order valence-corrected chi connectivity index (χ1v) is 13.2. The minimum Gasteiger partial charge on any atom is -0.467 e. The summed E-state index contributed by atoms with van der Waals surface area (Å²) < 4.78 is 5.33. The Hall–Kier alpha value is -1.62. The number of Topliss-reactive ketones (excluding diaryl/α,β-unsaturated/α-hetero) is 1. The van der Waals surface area contributed by atoms with Gasteiger partial charge in [-0.05, 0) is 97.5 Å². The first-order valence-electron chi connectivity index (χ1n) is 13.2. The molecule has 0 aromatic carbocycles. The lowest BCUT2D eigenvalue weighted by Crippen LogP contribution is -2.57.